The van der Waals surface area contributed by atoms with Crippen molar-refractivity contribution in [2.45, 2.75) is 0 Å². The largest absolute Gasteiger partial charge is 0.360 e. The van der Waals surface area contributed by atoms with Crippen LogP contribution in [0.25, 0.3) is 92.4 Å². The molecule has 0 unspecified atom stereocenters. The highest BCUT2D eigenvalue weighted by Gasteiger charge is 2.26. The summed E-state index contributed by atoms with van der Waals surface area (Å²) in [6, 6.07) is 40.5. The van der Waals surface area contributed by atoms with Crippen molar-refractivity contribution in [1.29, 1.82) is 0 Å². The van der Waals surface area contributed by atoms with Crippen LogP contribution in [0.1, 0.15) is 0 Å². The van der Waals surface area contributed by atoms with Crippen molar-refractivity contribution in [3.05, 3.63) is 127 Å². The smallest absolute Gasteiger partial charge is 0.332 e. The normalized spacial score (nSPS) is 12.3. The number of benzene rings is 6. The van der Waals surface area contributed by atoms with Gasteiger partial charge in [-0.25, -0.2) is 0 Å². The zero-order chi connectivity index (χ0) is 27.5. The van der Waals surface area contributed by atoms with E-state index in [2.05, 4.69) is 105 Å². The summed E-state index contributed by atoms with van der Waals surface area (Å²) in [6.45, 7) is 7.89. The van der Waals surface area contributed by atoms with Gasteiger partial charge in [0.15, 0.2) is 0 Å². The van der Waals surface area contributed by atoms with Crippen LogP contribution in [0.5, 0.6) is 0 Å². The molecule has 0 amide bonds. The van der Waals surface area contributed by atoms with Gasteiger partial charge in [0.1, 0.15) is 0 Å². The van der Waals surface area contributed by atoms with E-state index in [1.807, 2.05) is 24.3 Å². The molecule has 0 N–H and O–H groups in total. The molecule has 0 saturated heterocycles. The molecule has 0 aliphatic carbocycles. The predicted molar refractivity (Wildman–Crippen MR) is 172 cm³/mol. The van der Waals surface area contributed by atoms with Crippen molar-refractivity contribution in [2.24, 2.45) is 0 Å². The fourth-order valence-corrected chi connectivity index (χ4v) is 7.15. The first-order valence-corrected chi connectivity index (χ1v) is 14.0. The first-order chi connectivity index (χ1) is 20.8. The van der Waals surface area contributed by atoms with E-state index < -0.39 is 0 Å². The molecule has 6 aromatic carbocycles. The van der Waals surface area contributed by atoms with Crippen molar-refractivity contribution in [1.82, 2.24) is 18.9 Å². The molecule has 5 nitrogen and oxygen atoms in total. The molecular weight excluding hydrogens is 514 g/mol. The lowest BCUT2D eigenvalue weighted by atomic mass is 10.0. The third-order valence-corrected chi connectivity index (χ3v) is 8.84. The van der Waals surface area contributed by atoms with Gasteiger partial charge in [0, 0.05) is 37.7 Å². The molecule has 0 bridgehead atoms. The Hall–Kier alpha value is -5.99. The number of hydrogen-bond acceptors (Lipinski definition) is 2. The van der Waals surface area contributed by atoms with E-state index in [0.29, 0.717) is 11.8 Å². The number of rotatable bonds is 1. The highest BCUT2D eigenvalue weighted by atomic mass is 15.2. The molecule has 5 heteroatoms. The molecule has 0 fully saturated rings. The first kappa shape index (κ1) is 21.8. The lowest BCUT2D eigenvalue weighted by Gasteiger charge is -2.06. The Morgan fingerprint density at radius 3 is 2.05 bits per heavy atom. The van der Waals surface area contributed by atoms with Crippen LogP contribution in [0.4, 0.5) is 5.82 Å². The van der Waals surface area contributed by atoms with Gasteiger partial charge in [-0.1, -0.05) is 90.4 Å². The zero-order valence-electron chi connectivity index (χ0n) is 22.2. The summed E-state index contributed by atoms with van der Waals surface area (Å²) in [6.07, 6.45) is 0. The van der Waals surface area contributed by atoms with E-state index in [-0.39, 0.29) is 0 Å². The maximum Gasteiger partial charge on any atom is 0.332 e. The molecule has 4 heterocycles. The average Bonchev–Trinajstić information content (AvgIpc) is 3.67. The van der Waals surface area contributed by atoms with Crippen LogP contribution in [0.3, 0.4) is 0 Å². The first-order valence-electron chi connectivity index (χ1n) is 14.0. The highest BCUT2D eigenvalue weighted by molar-refractivity contribution is 6.36. The van der Waals surface area contributed by atoms with Crippen LogP contribution in [0, 0.1) is 6.57 Å². The summed E-state index contributed by atoms with van der Waals surface area (Å²) < 4.78 is 4.59. The van der Waals surface area contributed by atoms with Crippen LogP contribution >= 0.6 is 0 Å². The third kappa shape index (κ3) is 2.57. The molecule has 0 aliphatic rings. The van der Waals surface area contributed by atoms with Gasteiger partial charge >= 0.3 is 5.95 Å². The monoisotopic (exact) mass is 533 g/mol. The Morgan fingerprint density at radius 1 is 0.524 bits per heavy atom. The van der Waals surface area contributed by atoms with Crippen molar-refractivity contribution < 1.29 is 0 Å². The maximum absolute atomic E-state index is 7.89. The maximum atomic E-state index is 7.89. The Kier molecular flexibility index (Phi) is 3.94. The fourth-order valence-electron chi connectivity index (χ4n) is 7.15. The topological polar surface area (TPSA) is 39.5 Å². The van der Waals surface area contributed by atoms with Gasteiger partial charge < -0.3 is 9.25 Å². The Balaban J connectivity index is 1.50. The van der Waals surface area contributed by atoms with Crippen LogP contribution in [-0.4, -0.2) is 18.9 Å². The molecule has 0 atom stereocenters. The molecule has 192 valence electrons. The predicted octanol–water partition coefficient (Wildman–Crippen LogP) is 9.58. The molecular formula is C37H19N5. The van der Waals surface area contributed by atoms with E-state index in [1.54, 1.807) is 0 Å². The molecule has 4 aromatic heterocycles. The number of fused-ring (bicyclic) bond motifs is 12. The molecule has 0 aliphatic heterocycles. The standard InChI is InChI=1S/C37H19N5/c1-38-36-24-13-4-7-15-28(24)39-37(40-36)42-30-17-9-6-14-25(30)33-32(42)20-26-23-12-5-8-16-29(23)41-31-19-22-11-3-2-10-21(22)18-27(31)34(33)35(26)41/h2-20H. The molecule has 0 spiro atoms. The average molecular weight is 534 g/mol. The Bertz CT molecular complexity index is 2810. The third-order valence-electron chi connectivity index (χ3n) is 8.84. The van der Waals surface area contributed by atoms with Crippen molar-refractivity contribution >= 4 is 87.4 Å². The van der Waals surface area contributed by atoms with E-state index in [1.165, 1.54) is 54.3 Å². The van der Waals surface area contributed by atoms with Gasteiger partial charge in [0.25, 0.3) is 5.82 Å². The number of aromatic nitrogens is 4. The van der Waals surface area contributed by atoms with Gasteiger partial charge in [-0.3, -0.25) is 4.57 Å². The van der Waals surface area contributed by atoms with E-state index in [9.17, 15) is 0 Å². The summed E-state index contributed by atoms with van der Waals surface area (Å²) in [4.78, 5) is 13.6. The Morgan fingerprint density at radius 2 is 1.21 bits per heavy atom. The summed E-state index contributed by atoms with van der Waals surface area (Å²) in [5, 5.41) is 10.4. The Labute approximate surface area is 238 Å². The van der Waals surface area contributed by atoms with Gasteiger partial charge in [0.2, 0.25) is 0 Å². The van der Waals surface area contributed by atoms with Gasteiger partial charge in [-0.05, 0) is 47.2 Å². The second-order valence-corrected chi connectivity index (χ2v) is 10.9. The second kappa shape index (κ2) is 7.60. The van der Waals surface area contributed by atoms with E-state index >= 15 is 0 Å². The number of nitrogens with zero attached hydrogens (tertiary/aromatic N) is 5. The quantitative estimate of drug-likeness (QED) is 0.197. The van der Waals surface area contributed by atoms with Crippen molar-refractivity contribution in [3.8, 4) is 5.95 Å². The van der Waals surface area contributed by atoms with E-state index in [0.717, 1.165) is 27.3 Å². The lowest BCUT2D eigenvalue weighted by Crippen LogP contribution is -2.01. The van der Waals surface area contributed by atoms with E-state index in [4.69, 9.17) is 16.5 Å². The van der Waals surface area contributed by atoms with Crippen molar-refractivity contribution in [3.63, 3.8) is 0 Å². The summed E-state index contributed by atoms with van der Waals surface area (Å²) >= 11 is 0. The second-order valence-electron chi connectivity index (χ2n) is 10.9. The van der Waals surface area contributed by atoms with Crippen LogP contribution in [0.2, 0.25) is 0 Å². The van der Waals surface area contributed by atoms with Crippen LogP contribution in [-0.2, 0) is 0 Å². The summed E-state index contributed by atoms with van der Waals surface area (Å²) in [7, 11) is 0. The molecule has 0 radical (unpaired) electrons. The minimum atomic E-state index is 0.362. The number of hydrogen-bond donors (Lipinski definition) is 0. The number of para-hydroxylation sites is 3. The fraction of sp³-hybridized carbons (Fsp3) is 0. The molecule has 42 heavy (non-hydrogen) atoms. The minimum Gasteiger partial charge on any atom is -0.360 e. The van der Waals surface area contributed by atoms with Gasteiger partial charge in [-0.2, -0.15) is 4.98 Å². The van der Waals surface area contributed by atoms with Gasteiger partial charge in [-0.15, -0.1) is 0 Å². The summed E-state index contributed by atoms with van der Waals surface area (Å²) in [5.41, 5.74) is 6.46. The summed E-state index contributed by atoms with van der Waals surface area (Å²) in [5.74, 6) is 0.874. The lowest BCUT2D eigenvalue weighted by molar-refractivity contribution is 1.02. The van der Waals surface area contributed by atoms with Gasteiger partial charge in [0.05, 0.1) is 33.1 Å². The zero-order valence-corrected chi connectivity index (χ0v) is 22.2. The minimum absolute atomic E-state index is 0.362. The van der Waals surface area contributed by atoms with Crippen molar-refractivity contribution in [2.75, 3.05) is 0 Å². The molecule has 0 saturated carbocycles. The highest BCUT2D eigenvalue weighted by Crippen LogP contribution is 2.47. The molecule has 10 rings (SSSR count). The van der Waals surface area contributed by atoms with Crippen LogP contribution < -0.4 is 0 Å². The molecule has 10 aromatic rings. The SMILES string of the molecule is [C-]#[N+]c1nc(-n2c3ccccc3c3c4c5cc6ccccc6cc5n5c6ccccc6c(cc32)c45)nc2ccccc12. The van der Waals surface area contributed by atoms with Crippen LogP contribution in [0.15, 0.2) is 115 Å².